The molecule has 7 atom stereocenters. The van der Waals surface area contributed by atoms with Crippen LogP contribution in [0.25, 0.3) is 0 Å². The molecule has 2 bridgehead atoms. The lowest BCUT2D eigenvalue weighted by Gasteiger charge is -2.32. The van der Waals surface area contributed by atoms with Crippen LogP contribution in [0.5, 0.6) is 0 Å². The summed E-state index contributed by atoms with van der Waals surface area (Å²) >= 11 is 0. The maximum Gasteiger partial charge on any atom is 0.330 e. The fourth-order valence-corrected chi connectivity index (χ4v) is 4.25. The highest BCUT2D eigenvalue weighted by Gasteiger charge is 2.68. The lowest BCUT2D eigenvalue weighted by atomic mass is 9.70. The predicted octanol–water partition coefficient (Wildman–Crippen LogP) is 1.05. The lowest BCUT2D eigenvalue weighted by molar-refractivity contribution is -0.151. The molecule has 1 saturated carbocycles. The highest BCUT2D eigenvalue weighted by Crippen LogP contribution is 2.57. The largest absolute Gasteiger partial charge is 0.454 e. The van der Waals surface area contributed by atoms with Gasteiger partial charge in [-0.2, -0.15) is 0 Å². The van der Waals surface area contributed by atoms with E-state index in [1.165, 1.54) is 18.9 Å². The number of carbonyl (C=O) groups excluding carboxylic acids is 1. The van der Waals surface area contributed by atoms with Crippen molar-refractivity contribution in [2.75, 3.05) is 0 Å². The Kier molecular flexibility index (Phi) is 1.97. The van der Waals surface area contributed by atoms with Gasteiger partial charge < -0.3 is 14.2 Å². The van der Waals surface area contributed by atoms with Gasteiger partial charge in [0.25, 0.3) is 0 Å². The maximum atomic E-state index is 11.4. The van der Waals surface area contributed by atoms with Gasteiger partial charge in [-0.15, -0.1) is 0 Å². The van der Waals surface area contributed by atoms with E-state index in [9.17, 15) is 4.79 Å². The van der Waals surface area contributed by atoms with E-state index in [2.05, 4.69) is 6.58 Å². The monoisotopic (exact) mass is 236 g/mol. The topological polar surface area (TPSA) is 44.8 Å². The van der Waals surface area contributed by atoms with Gasteiger partial charge in [-0.25, -0.2) is 4.79 Å². The van der Waals surface area contributed by atoms with Crippen LogP contribution in [0.15, 0.2) is 12.7 Å². The summed E-state index contributed by atoms with van der Waals surface area (Å²) in [5, 5.41) is 0. The van der Waals surface area contributed by atoms with Crippen molar-refractivity contribution in [3.8, 4) is 0 Å². The number of carbonyl (C=O) groups is 1. The van der Waals surface area contributed by atoms with E-state index in [0.717, 1.165) is 6.42 Å². The number of fused-ring (bicyclic) bond motifs is 2. The Hall–Kier alpha value is -0.870. The SMILES string of the molecule is C=CC(=O)OC1C2OC3C1OC1CCCC2C13. The molecule has 1 aliphatic carbocycles. The number of hydrogen-bond acceptors (Lipinski definition) is 4. The van der Waals surface area contributed by atoms with Crippen molar-refractivity contribution in [3.05, 3.63) is 12.7 Å². The number of rotatable bonds is 2. The lowest BCUT2D eigenvalue weighted by Crippen LogP contribution is -2.45. The molecule has 0 N–H and O–H groups in total. The first-order chi connectivity index (χ1) is 8.29. The predicted molar refractivity (Wildman–Crippen MR) is 58.2 cm³/mol. The molecule has 7 unspecified atom stereocenters. The molecule has 0 spiro atoms. The summed E-state index contributed by atoms with van der Waals surface area (Å²) in [7, 11) is 0. The van der Waals surface area contributed by atoms with Crippen molar-refractivity contribution in [3.63, 3.8) is 0 Å². The Morgan fingerprint density at radius 3 is 2.94 bits per heavy atom. The highest BCUT2D eigenvalue weighted by molar-refractivity contribution is 5.81. The molecule has 0 aromatic carbocycles. The number of ether oxygens (including phenoxy) is 3. The molecule has 0 aromatic heterocycles. The van der Waals surface area contributed by atoms with E-state index in [1.807, 2.05) is 0 Å². The summed E-state index contributed by atoms with van der Waals surface area (Å²) < 4.78 is 17.5. The molecule has 4 heteroatoms. The molecule has 92 valence electrons. The average Bonchev–Trinajstić information content (AvgIpc) is 2.97. The van der Waals surface area contributed by atoms with Gasteiger partial charge in [0.2, 0.25) is 0 Å². The average molecular weight is 236 g/mol. The summed E-state index contributed by atoms with van der Waals surface area (Å²) in [4.78, 5) is 11.4. The molecule has 4 fully saturated rings. The molecular weight excluding hydrogens is 220 g/mol. The van der Waals surface area contributed by atoms with E-state index in [1.54, 1.807) is 0 Å². The van der Waals surface area contributed by atoms with E-state index in [4.69, 9.17) is 14.2 Å². The molecular formula is C13H16O4. The van der Waals surface area contributed by atoms with E-state index in [-0.39, 0.29) is 30.4 Å². The van der Waals surface area contributed by atoms with Gasteiger partial charge in [-0.3, -0.25) is 0 Å². The van der Waals surface area contributed by atoms with Crippen LogP contribution >= 0.6 is 0 Å². The van der Waals surface area contributed by atoms with Gasteiger partial charge in [0.05, 0.1) is 12.2 Å². The quantitative estimate of drug-likeness (QED) is 0.531. The van der Waals surface area contributed by atoms with E-state index >= 15 is 0 Å². The minimum Gasteiger partial charge on any atom is -0.454 e. The summed E-state index contributed by atoms with van der Waals surface area (Å²) in [5.41, 5.74) is 0. The Bertz CT molecular complexity index is 380. The van der Waals surface area contributed by atoms with Crippen LogP contribution in [0, 0.1) is 11.8 Å². The minimum atomic E-state index is -0.368. The third-order valence-corrected chi connectivity index (χ3v) is 4.79. The van der Waals surface area contributed by atoms with Crippen LogP contribution in [0.3, 0.4) is 0 Å². The molecule has 0 amide bonds. The van der Waals surface area contributed by atoms with Gasteiger partial charge in [-0.05, 0) is 18.8 Å². The molecule has 3 heterocycles. The highest BCUT2D eigenvalue weighted by atomic mass is 16.6. The minimum absolute atomic E-state index is 0.0340. The zero-order chi connectivity index (χ0) is 11.6. The first-order valence-electron chi connectivity index (χ1n) is 6.43. The summed E-state index contributed by atoms with van der Waals surface area (Å²) in [5.74, 6) is 0.713. The normalized spacial score (nSPS) is 53.8. The second-order valence-electron chi connectivity index (χ2n) is 5.48. The van der Waals surface area contributed by atoms with Crippen molar-refractivity contribution >= 4 is 5.97 Å². The fourth-order valence-electron chi connectivity index (χ4n) is 4.25. The van der Waals surface area contributed by atoms with Crippen LogP contribution < -0.4 is 0 Å². The number of hydrogen-bond donors (Lipinski definition) is 0. The van der Waals surface area contributed by atoms with Crippen molar-refractivity contribution in [2.45, 2.75) is 49.8 Å². The molecule has 0 radical (unpaired) electrons. The van der Waals surface area contributed by atoms with Gasteiger partial charge >= 0.3 is 5.97 Å². The van der Waals surface area contributed by atoms with Crippen LogP contribution in [-0.2, 0) is 19.0 Å². The summed E-state index contributed by atoms with van der Waals surface area (Å²) in [6, 6.07) is 0. The first kappa shape index (κ1) is 10.1. The van der Waals surface area contributed by atoms with E-state index in [0.29, 0.717) is 17.9 Å². The Labute approximate surface area is 99.9 Å². The van der Waals surface area contributed by atoms with Gasteiger partial charge in [0.1, 0.15) is 12.2 Å². The molecule has 4 rings (SSSR count). The molecule has 3 aliphatic heterocycles. The van der Waals surface area contributed by atoms with Gasteiger partial charge in [0, 0.05) is 12.0 Å². The van der Waals surface area contributed by atoms with Crippen LogP contribution in [0.1, 0.15) is 19.3 Å². The summed E-state index contributed by atoms with van der Waals surface area (Å²) in [6.07, 6.45) is 5.04. The van der Waals surface area contributed by atoms with Crippen LogP contribution in [0.2, 0.25) is 0 Å². The molecule has 3 saturated heterocycles. The summed E-state index contributed by atoms with van der Waals surface area (Å²) in [6.45, 7) is 3.44. The molecule has 17 heavy (non-hydrogen) atoms. The van der Waals surface area contributed by atoms with Gasteiger partial charge in [-0.1, -0.05) is 13.0 Å². The van der Waals surface area contributed by atoms with Crippen LogP contribution in [0.4, 0.5) is 0 Å². The van der Waals surface area contributed by atoms with Crippen molar-refractivity contribution in [1.29, 1.82) is 0 Å². The van der Waals surface area contributed by atoms with Crippen molar-refractivity contribution < 1.29 is 19.0 Å². The Balaban J connectivity index is 1.63. The maximum absolute atomic E-state index is 11.4. The molecule has 4 nitrogen and oxygen atoms in total. The third kappa shape index (κ3) is 1.17. The second kappa shape index (κ2) is 3.33. The van der Waals surface area contributed by atoms with Crippen molar-refractivity contribution in [2.24, 2.45) is 11.8 Å². The zero-order valence-corrected chi connectivity index (χ0v) is 9.58. The standard InChI is InChI=1S/C13H16O4/c1-2-8(14)16-12-10-6-4-3-5-7-9(6)11(17-10)13(12)15-7/h2,6-7,9-13H,1,3-5H2. The third-order valence-electron chi connectivity index (χ3n) is 4.79. The zero-order valence-electron chi connectivity index (χ0n) is 9.58. The molecule has 4 aliphatic rings. The fraction of sp³-hybridized carbons (Fsp3) is 0.769. The number of esters is 1. The smallest absolute Gasteiger partial charge is 0.330 e. The van der Waals surface area contributed by atoms with Crippen LogP contribution in [-0.4, -0.2) is 36.5 Å². The first-order valence-corrected chi connectivity index (χ1v) is 6.43. The van der Waals surface area contributed by atoms with Gasteiger partial charge in [0.15, 0.2) is 6.10 Å². The Morgan fingerprint density at radius 1 is 1.24 bits per heavy atom. The Morgan fingerprint density at radius 2 is 2.12 bits per heavy atom. The van der Waals surface area contributed by atoms with Crippen molar-refractivity contribution in [1.82, 2.24) is 0 Å². The second-order valence-corrected chi connectivity index (χ2v) is 5.48. The molecule has 0 aromatic rings. The van der Waals surface area contributed by atoms with E-state index < -0.39 is 0 Å².